The van der Waals surface area contributed by atoms with Gasteiger partial charge in [-0.05, 0) is 12.1 Å². The molecule has 0 fully saturated rings. The van der Waals surface area contributed by atoms with Gasteiger partial charge in [0.05, 0.1) is 5.01 Å². The Balaban J connectivity index is 2.52. The molecule has 15 heavy (non-hydrogen) atoms. The van der Waals surface area contributed by atoms with Crippen molar-refractivity contribution in [2.45, 2.75) is 19.8 Å². The highest BCUT2D eigenvalue weighted by molar-refractivity contribution is 7.18. The van der Waals surface area contributed by atoms with Crippen molar-refractivity contribution in [3.05, 3.63) is 17.1 Å². The average Bonchev–Trinajstić information content (AvgIpc) is 2.59. The van der Waals surface area contributed by atoms with E-state index < -0.39 is 0 Å². The van der Waals surface area contributed by atoms with Crippen molar-refractivity contribution in [1.82, 2.24) is 9.97 Å². The molecular formula is C11H15N3S. The fourth-order valence-electron chi connectivity index (χ4n) is 1.32. The molecule has 2 aromatic rings. The van der Waals surface area contributed by atoms with Crippen LogP contribution in [0.2, 0.25) is 0 Å². The zero-order valence-electron chi connectivity index (χ0n) is 9.48. The molecule has 0 atom stereocenters. The fraction of sp³-hybridized carbons (Fsp3) is 0.455. The Bertz CT molecular complexity index is 468. The molecule has 0 amide bonds. The van der Waals surface area contributed by atoms with E-state index in [1.165, 1.54) is 0 Å². The van der Waals surface area contributed by atoms with Crippen LogP contribution in [-0.4, -0.2) is 24.1 Å². The van der Waals surface area contributed by atoms with Gasteiger partial charge in [-0.2, -0.15) is 0 Å². The lowest BCUT2D eigenvalue weighted by molar-refractivity contribution is 0.857. The molecule has 0 aliphatic rings. The van der Waals surface area contributed by atoms with Gasteiger partial charge in [-0.3, -0.25) is 0 Å². The molecule has 0 spiro atoms. The lowest BCUT2D eigenvalue weighted by atomic mass is 10.2. The Labute approximate surface area is 93.8 Å². The molecule has 0 N–H and O–H groups in total. The molecule has 0 saturated heterocycles. The smallest absolute Gasteiger partial charge is 0.145 e. The fourth-order valence-corrected chi connectivity index (χ4v) is 2.26. The number of anilines is 1. The summed E-state index contributed by atoms with van der Waals surface area (Å²) in [5.41, 5.74) is 1.01. The maximum absolute atomic E-state index is 4.56. The second kappa shape index (κ2) is 3.77. The van der Waals surface area contributed by atoms with Gasteiger partial charge in [0.15, 0.2) is 0 Å². The van der Waals surface area contributed by atoms with Gasteiger partial charge in [0.2, 0.25) is 0 Å². The van der Waals surface area contributed by atoms with Crippen LogP contribution < -0.4 is 4.90 Å². The first kappa shape index (κ1) is 10.4. The monoisotopic (exact) mass is 221 g/mol. The van der Waals surface area contributed by atoms with Gasteiger partial charge < -0.3 is 4.90 Å². The summed E-state index contributed by atoms with van der Waals surface area (Å²) in [6.45, 7) is 4.31. The Kier molecular flexibility index (Phi) is 2.61. The van der Waals surface area contributed by atoms with E-state index in [2.05, 4.69) is 23.8 Å². The van der Waals surface area contributed by atoms with E-state index in [9.17, 15) is 0 Å². The van der Waals surface area contributed by atoms with Gasteiger partial charge in [0.25, 0.3) is 0 Å². The van der Waals surface area contributed by atoms with Crippen LogP contribution in [0.5, 0.6) is 0 Å². The number of rotatable bonds is 2. The topological polar surface area (TPSA) is 29.0 Å². The SMILES string of the molecule is CC(C)c1nc2ccc(N(C)C)nc2s1. The number of hydrogen-bond acceptors (Lipinski definition) is 4. The van der Waals surface area contributed by atoms with E-state index in [-0.39, 0.29) is 0 Å². The van der Waals surface area contributed by atoms with Crippen LogP contribution in [0.3, 0.4) is 0 Å². The Hall–Kier alpha value is -1.16. The molecule has 0 aliphatic heterocycles. The maximum Gasteiger partial charge on any atom is 0.145 e. The molecule has 0 saturated carbocycles. The second-order valence-electron chi connectivity index (χ2n) is 4.09. The maximum atomic E-state index is 4.56. The summed E-state index contributed by atoms with van der Waals surface area (Å²) in [5.74, 6) is 1.47. The minimum Gasteiger partial charge on any atom is -0.363 e. The summed E-state index contributed by atoms with van der Waals surface area (Å²) < 4.78 is 0. The van der Waals surface area contributed by atoms with Crippen molar-refractivity contribution in [2.75, 3.05) is 19.0 Å². The van der Waals surface area contributed by atoms with Crippen LogP contribution in [0, 0.1) is 0 Å². The number of fused-ring (bicyclic) bond motifs is 1. The molecule has 0 aromatic carbocycles. The van der Waals surface area contributed by atoms with Crippen LogP contribution in [0.4, 0.5) is 5.82 Å². The minimum absolute atomic E-state index is 0.479. The van der Waals surface area contributed by atoms with E-state index in [1.54, 1.807) is 11.3 Å². The summed E-state index contributed by atoms with van der Waals surface area (Å²) in [6, 6.07) is 4.05. The van der Waals surface area contributed by atoms with Crippen LogP contribution >= 0.6 is 11.3 Å². The average molecular weight is 221 g/mol. The van der Waals surface area contributed by atoms with Gasteiger partial charge in [-0.15, -0.1) is 0 Å². The first-order valence-corrected chi connectivity index (χ1v) is 5.84. The van der Waals surface area contributed by atoms with Crippen LogP contribution in [0.15, 0.2) is 12.1 Å². The van der Waals surface area contributed by atoms with Gasteiger partial charge >= 0.3 is 0 Å². The number of nitrogens with zero attached hydrogens (tertiary/aromatic N) is 3. The predicted octanol–water partition coefficient (Wildman–Crippen LogP) is 2.88. The molecule has 0 radical (unpaired) electrons. The normalized spacial score (nSPS) is 11.3. The summed E-state index contributed by atoms with van der Waals surface area (Å²) >= 11 is 1.69. The quantitative estimate of drug-likeness (QED) is 0.780. The molecular weight excluding hydrogens is 206 g/mol. The molecule has 3 nitrogen and oxygen atoms in total. The van der Waals surface area contributed by atoms with Gasteiger partial charge in [0.1, 0.15) is 16.2 Å². The molecule has 2 heterocycles. The first-order chi connectivity index (χ1) is 7.08. The highest BCUT2D eigenvalue weighted by Gasteiger charge is 2.09. The zero-order chi connectivity index (χ0) is 11.0. The summed E-state index contributed by atoms with van der Waals surface area (Å²) in [7, 11) is 4.00. The van der Waals surface area contributed by atoms with Crippen LogP contribution in [0.1, 0.15) is 24.8 Å². The van der Waals surface area contributed by atoms with E-state index in [4.69, 9.17) is 0 Å². The van der Waals surface area contributed by atoms with Gasteiger partial charge in [0, 0.05) is 20.0 Å². The van der Waals surface area contributed by atoms with Crippen molar-refractivity contribution in [3.63, 3.8) is 0 Å². The molecule has 4 heteroatoms. The lowest BCUT2D eigenvalue weighted by Gasteiger charge is -2.09. The number of hydrogen-bond donors (Lipinski definition) is 0. The molecule has 2 rings (SSSR count). The highest BCUT2D eigenvalue weighted by atomic mass is 32.1. The molecule has 0 unspecified atom stereocenters. The predicted molar refractivity (Wildman–Crippen MR) is 65.8 cm³/mol. The third kappa shape index (κ3) is 1.95. The standard InChI is InChI=1S/C11H15N3S/c1-7(2)10-12-8-5-6-9(14(3)4)13-11(8)15-10/h5-7H,1-4H3. The first-order valence-electron chi connectivity index (χ1n) is 5.02. The van der Waals surface area contributed by atoms with E-state index >= 15 is 0 Å². The lowest BCUT2D eigenvalue weighted by Crippen LogP contribution is -2.09. The zero-order valence-corrected chi connectivity index (χ0v) is 10.3. The van der Waals surface area contributed by atoms with Crippen molar-refractivity contribution in [3.8, 4) is 0 Å². The second-order valence-corrected chi connectivity index (χ2v) is 5.10. The van der Waals surface area contributed by atoms with E-state index in [0.29, 0.717) is 5.92 Å². The molecule has 0 bridgehead atoms. The number of pyridine rings is 1. The van der Waals surface area contributed by atoms with Crippen molar-refractivity contribution in [1.29, 1.82) is 0 Å². The third-order valence-electron chi connectivity index (χ3n) is 2.21. The van der Waals surface area contributed by atoms with Gasteiger partial charge in [-0.1, -0.05) is 25.2 Å². The van der Waals surface area contributed by atoms with Crippen molar-refractivity contribution >= 4 is 27.5 Å². The summed E-state index contributed by atoms with van der Waals surface area (Å²) in [4.78, 5) is 12.2. The Morgan fingerprint density at radius 2 is 1.93 bits per heavy atom. The number of aromatic nitrogens is 2. The van der Waals surface area contributed by atoms with E-state index in [0.717, 1.165) is 21.2 Å². The largest absolute Gasteiger partial charge is 0.363 e. The third-order valence-corrected chi connectivity index (χ3v) is 3.48. The van der Waals surface area contributed by atoms with Crippen molar-refractivity contribution in [2.24, 2.45) is 0 Å². The summed E-state index contributed by atoms with van der Waals surface area (Å²) in [5, 5.41) is 1.16. The van der Waals surface area contributed by atoms with Gasteiger partial charge in [-0.25, -0.2) is 9.97 Å². The highest BCUT2D eigenvalue weighted by Crippen LogP contribution is 2.27. The van der Waals surface area contributed by atoms with Crippen LogP contribution in [-0.2, 0) is 0 Å². The summed E-state index contributed by atoms with van der Waals surface area (Å²) in [6.07, 6.45) is 0. The van der Waals surface area contributed by atoms with Crippen LogP contribution in [0.25, 0.3) is 10.3 Å². The molecule has 0 aliphatic carbocycles. The minimum atomic E-state index is 0.479. The Morgan fingerprint density at radius 3 is 2.53 bits per heavy atom. The number of thiazole rings is 1. The Morgan fingerprint density at radius 1 is 1.20 bits per heavy atom. The molecule has 80 valence electrons. The molecule has 2 aromatic heterocycles. The van der Waals surface area contributed by atoms with E-state index in [1.807, 2.05) is 31.1 Å². The van der Waals surface area contributed by atoms with Crippen molar-refractivity contribution < 1.29 is 0 Å².